The Labute approximate surface area is 337 Å². The molecule has 1 saturated carbocycles. The van der Waals surface area contributed by atoms with E-state index in [1.807, 2.05) is 78.9 Å². The lowest BCUT2D eigenvalue weighted by Crippen LogP contribution is -2.28. The predicted molar refractivity (Wildman–Crippen MR) is 233 cm³/mol. The molecule has 2 aromatic heterocycles. The van der Waals surface area contributed by atoms with Crippen molar-refractivity contribution in [3.63, 3.8) is 0 Å². The van der Waals surface area contributed by atoms with Crippen molar-refractivity contribution in [1.82, 2.24) is 29.9 Å². The Bertz CT molecular complexity index is 2920. The Kier molecular flexibility index (Phi) is 8.28. The molecule has 7 aromatic carbocycles. The number of rotatable bonds is 6. The molecular weight excluding hydrogens is 709 g/mol. The van der Waals surface area contributed by atoms with E-state index in [4.69, 9.17) is 29.9 Å². The molecule has 276 valence electrons. The average molecular weight is 747 g/mol. The normalized spacial score (nSPS) is 14.0. The summed E-state index contributed by atoms with van der Waals surface area (Å²) in [6.07, 6.45) is 6.07. The van der Waals surface area contributed by atoms with Crippen LogP contribution in [0.5, 0.6) is 0 Å². The molecule has 0 unspecified atom stereocenters. The summed E-state index contributed by atoms with van der Waals surface area (Å²) in [5.74, 6) is 3.68. The lowest BCUT2D eigenvalue weighted by Gasteiger charge is -2.36. The van der Waals surface area contributed by atoms with E-state index >= 15 is 0 Å². The van der Waals surface area contributed by atoms with Crippen molar-refractivity contribution in [2.75, 3.05) is 0 Å². The van der Waals surface area contributed by atoms with Crippen molar-refractivity contribution < 1.29 is 0 Å². The number of hydrogen-bond donors (Lipinski definition) is 0. The first-order valence-electron chi connectivity index (χ1n) is 20.2. The van der Waals surface area contributed by atoms with Gasteiger partial charge in [-0.25, -0.2) is 29.9 Å². The fourth-order valence-corrected chi connectivity index (χ4v) is 9.19. The van der Waals surface area contributed by atoms with Gasteiger partial charge < -0.3 is 0 Å². The Balaban J connectivity index is 1.11. The summed E-state index contributed by atoms with van der Waals surface area (Å²) in [6.45, 7) is 0. The molecule has 9 aromatic rings. The van der Waals surface area contributed by atoms with Gasteiger partial charge in [-0.2, -0.15) is 0 Å². The van der Waals surface area contributed by atoms with Crippen LogP contribution in [0.3, 0.4) is 0 Å². The van der Waals surface area contributed by atoms with Crippen LogP contribution >= 0.6 is 0 Å². The van der Waals surface area contributed by atoms with E-state index in [-0.39, 0.29) is 5.41 Å². The van der Waals surface area contributed by atoms with Crippen LogP contribution in [0, 0.1) is 0 Å². The maximum absolute atomic E-state index is 5.30. The number of nitrogens with zero attached hydrogens (tertiary/aromatic N) is 6. The van der Waals surface area contributed by atoms with Gasteiger partial charge in [0.2, 0.25) is 0 Å². The van der Waals surface area contributed by atoms with Gasteiger partial charge in [0.05, 0.1) is 0 Å². The lowest BCUT2D eigenvalue weighted by molar-refractivity contribution is 0.353. The van der Waals surface area contributed by atoms with Crippen LogP contribution < -0.4 is 0 Å². The largest absolute Gasteiger partial charge is 0.208 e. The van der Waals surface area contributed by atoms with Crippen molar-refractivity contribution in [1.29, 1.82) is 0 Å². The third kappa shape index (κ3) is 5.88. The Morgan fingerprint density at radius 2 is 0.793 bits per heavy atom. The van der Waals surface area contributed by atoms with Crippen molar-refractivity contribution in [3.05, 3.63) is 181 Å². The molecule has 58 heavy (non-hydrogen) atoms. The molecule has 0 atom stereocenters. The fraction of sp³-hybridized carbons (Fsp3) is 0.115. The van der Waals surface area contributed by atoms with Crippen molar-refractivity contribution in [3.8, 4) is 79.5 Å². The summed E-state index contributed by atoms with van der Waals surface area (Å²) >= 11 is 0. The topological polar surface area (TPSA) is 77.3 Å². The van der Waals surface area contributed by atoms with E-state index in [9.17, 15) is 0 Å². The first-order chi connectivity index (χ1) is 28.7. The molecule has 0 aliphatic heterocycles. The highest BCUT2D eigenvalue weighted by atomic mass is 15.0. The van der Waals surface area contributed by atoms with Crippen molar-refractivity contribution >= 4 is 10.8 Å². The Hall–Kier alpha value is -7.18. The molecule has 0 bridgehead atoms. The van der Waals surface area contributed by atoms with Crippen LogP contribution in [0.15, 0.2) is 170 Å². The highest BCUT2D eigenvalue weighted by Gasteiger charge is 2.43. The van der Waals surface area contributed by atoms with Gasteiger partial charge in [-0.05, 0) is 64.1 Å². The number of fused-ring (bicyclic) bond motifs is 6. The maximum atomic E-state index is 5.30. The van der Waals surface area contributed by atoms with Crippen LogP contribution in [-0.4, -0.2) is 29.9 Å². The molecular formula is C52H38N6. The van der Waals surface area contributed by atoms with E-state index in [1.165, 1.54) is 41.5 Å². The van der Waals surface area contributed by atoms with E-state index in [0.29, 0.717) is 34.9 Å². The zero-order valence-corrected chi connectivity index (χ0v) is 31.9. The minimum absolute atomic E-state index is 0.0211. The molecule has 2 aliphatic rings. The quantitative estimate of drug-likeness (QED) is 0.169. The van der Waals surface area contributed by atoms with Gasteiger partial charge in [0.1, 0.15) is 0 Å². The van der Waals surface area contributed by atoms with Crippen LogP contribution in [0.25, 0.3) is 90.2 Å². The fourth-order valence-electron chi connectivity index (χ4n) is 9.19. The minimum atomic E-state index is 0.0211. The molecule has 0 radical (unpaired) electrons. The predicted octanol–water partition coefficient (Wildman–Crippen LogP) is 12.4. The summed E-state index contributed by atoms with van der Waals surface area (Å²) < 4.78 is 0. The van der Waals surface area contributed by atoms with Gasteiger partial charge in [-0.1, -0.05) is 171 Å². The van der Waals surface area contributed by atoms with E-state index < -0.39 is 0 Å². The summed E-state index contributed by atoms with van der Waals surface area (Å²) in [4.78, 5) is 30.9. The van der Waals surface area contributed by atoms with Crippen molar-refractivity contribution in [2.24, 2.45) is 0 Å². The Morgan fingerprint density at radius 1 is 0.310 bits per heavy atom. The summed E-state index contributed by atoms with van der Waals surface area (Å²) in [6, 6.07) is 58.9. The third-order valence-corrected chi connectivity index (χ3v) is 12.0. The van der Waals surface area contributed by atoms with Crippen LogP contribution in [0.4, 0.5) is 0 Å². The SMILES string of the molecule is c1ccc(-c2nc(-c3ccc4c(c3)C3(CCCCC3)c3ccccc3-4)nc(-c3cc(-c4nc(-c5ccccc5)nc(-c5ccccc5)n4)c4ccccc4c3)n2)cc1. The first kappa shape index (κ1) is 34.1. The monoisotopic (exact) mass is 746 g/mol. The first-order valence-corrected chi connectivity index (χ1v) is 20.2. The summed E-state index contributed by atoms with van der Waals surface area (Å²) in [5, 5.41) is 2.07. The lowest BCUT2D eigenvalue weighted by atomic mass is 9.67. The summed E-state index contributed by atoms with van der Waals surface area (Å²) in [5.41, 5.74) is 11.1. The molecule has 2 heterocycles. The minimum Gasteiger partial charge on any atom is -0.208 e. The molecule has 11 rings (SSSR count). The molecule has 2 aliphatic carbocycles. The van der Waals surface area contributed by atoms with Crippen LogP contribution in [0.1, 0.15) is 43.2 Å². The van der Waals surface area contributed by atoms with Gasteiger partial charge in [-0.15, -0.1) is 0 Å². The highest BCUT2D eigenvalue weighted by Crippen LogP contribution is 2.56. The van der Waals surface area contributed by atoms with Gasteiger partial charge in [-0.3, -0.25) is 0 Å². The van der Waals surface area contributed by atoms with Crippen LogP contribution in [-0.2, 0) is 5.41 Å². The van der Waals surface area contributed by atoms with Crippen LogP contribution in [0.2, 0.25) is 0 Å². The zero-order chi connectivity index (χ0) is 38.5. The highest BCUT2D eigenvalue weighted by molar-refractivity contribution is 5.98. The third-order valence-electron chi connectivity index (χ3n) is 12.0. The molecule has 1 spiro atoms. The number of benzene rings is 7. The van der Waals surface area contributed by atoms with Gasteiger partial charge in [0.25, 0.3) is 0 Å². The second-order valence-corrected chi connectivity index (χ2v) is 15.4. The van der Waals surface area contributed by atoms with Crippen molar-refractivity contribution in [2.45, 2.75) is 37.5 Å². The zero-order valence-electron chi connectivity index (χ0n) is 31.9. The van der Waals surface area contributed by atoms with Gasteiger partial charge in [0.15, 0.2) is 34.9 Å². The Morgan fingerprint density at radius 3 is 1.41 bits per heavy atom. The molecule has 0 amide bonds. The smallest absolute Gasteiger partial charge is 0.164 e. The molecule has 0 saturated heterocycles. The standard InChI is InChI=1S/C52H38N6/c1-5-17-34(18-6-1)46-54-49(38-27-28-42-41-25-13-14-26-44(41)52(45(42)33-38)29-15-4-16-30-52)56-50(55-46)39-31-37-23-11-12-24-40(37)43(32-39)51-57-47(35-19-7-2-8-20-35)53-48(58-51)36-21-9-3-10-22-36/h1-3,5-14,17-28,31-33H,4,15-16,29-30H2. The van der Waals surface area contributed by atoms with E-state index in [0.717, 1.165) is 57.0 Å². The van der Waals surface area contributed by atoms with Gasteiger partial charge >= 0.3 is 0 Å². The van der Waals surface area contributed by atoms with E-state index in [1.54, 1.807) is 0 Å². The second kappa shape index (κ2) is 14.1. The average Bonchev–Trinajstić information content (AvgIpc) is 3.57. The molecule has 0 N–H and O–H groups in total. The molecule has 1 fully saturated rings. The van der Waals surface area contributed by atoms with Gasteiger partial charge in [0, 0.05) is 38.8 Å². The summed E-state index contributed by atoms with van der Waals surface area (Å²) in [7, 11) is 0. The van der Waals surface area contributed by atoms with E-state index in [2.05, 4.69) is 91.0 Å². The number of hydrogen-bond acceptors (Lipinski definition) is 6. The second-order valence-electron chi connectivity index (χ2n) is 15.4. The molecule has 6 nitrogen and oxygen atoms in total. The maximum Gasteiger partial charge on any atom is 0.164 e. The number of aromatic nitrogens is 6. The molecule has 6 heteroatoms.